The summed E-state index contributed by atoms with van der Waals surface area (Å²) in [5, 5.41) is 6.68. The lowest BCUT2D eigenvalue weighted by atomic mass is 9.87. The lowest BCUT2D eigenvalue weighted by molar-refractivity contribution is -0.123. The standard InChI is InChI=1S/C20H31N3O4/c1-15(13-18(24)21-11-6-12-26-5)22-23-19(25)14-27-17-9-7-16(8-10-17)20(2,3)4/h7-10H,6,11-14H2,1-5H3,(H,21,24)(H,23,25)/b22-15-. The van der Waals surface area contributed by atoms with Gasteiger partial charge in [-0.25, -0.2) is 5.43 Å². The fraction of sp³-hybridized carbons (Fsp3) is 0.550. The van der Waals surface area contributed by atoms with Crippen LogP contribution < -0.4 is 15.5 Å². The Labute approximate surface area is 161 Å². The summed E-state index contributed by atoms with van der Waals surface area (Å²) in [6.45, 7) is 9.09. The Morgan fingerprint density at radius 2 is 1.78 bits per heavy atom. The molecule has 0 aliphatic carbocycles. The maximum absolute atomic E-state index is 11.8. The SMILES string of the molecule is COCCCNC(=O)C/C(C)=N\NC(=O)COc1ccc(C(C)(C)C)cc1. The smallest absolute Gasteiger partial charge is 0.277 e. The van der Waals surface area contributed by atoms with Gasteiger partial charge in [0.15, 0.2) is 6.61 Å². The first-order valence-electron chi connectivity index (χ1n) is 9.03. The van der Waals surface area contributed by atoms with Crippen LogP contribution in [0.1, 0.15) is 46.1 Å². The largest absolute Gasteiger partial charge is 0.484 e. The van der Waals surface area contributed by atoms with Crippen LogP contribution in [0.2, 0.25) is 0 Å². The highest BCUT2D eigenvalue weighted by molar-refractivity contribution is 6.00. The molecule has 0 aliphatic rings. The summed E-state index contributed by atoms with van der Waals surface area (Å²) in [6.07, 6.45) is 0.881. The molecule has 0 aromatic heterocycles. The van der Waals surface area contributed by atoms with Gasteiger partial charge in [0.25, 0.3) is 5.91 Å². The molecule has 2 N–H and O–H groups in total. The summed E-state index contributed by atoms with van der Waals surface area (Å²) in [5.41, 5.74) is 4.17. The molecule has 0 spiro atoms. The molecule has 0 unspecified atom stereocenters. The number of rotatable bonds is 10. The van der Waals surface area contributed by atoms with Crippen LogP contribution in [0.25, 0.3) is 0 Å². The minimum atomic E-state index is -0.380. The maximum atomic E-state index is 11.8. The zero-order valence-electron chi connectivity index (χ0n) is 16.9. The molecular formula is C20H31N3O4. The van der Waals surface area contributed by atoms with Crippen LogP contribution in [0, 0.1) is 0 Å². The van der Waals surface area contributed by atoms with Gasteiger partial charge in [0, 0.05) is 26.0 Å². The van der Waals surface area contributed by atoms with Crippen LogP contribution in [0.3, 0.4) is 0 Å². The zero-order valence-corrected chi connectivity index (χ0v) is 16.9. The van der Waals surface area contributed by atoms with Crippen LogP contribution >= 0.6 is 0 Å². The van der Waals surface area contributed by atoms with Crippen LogP contribution in [0.5, 0.6) is 5.75 Å². The van der Waals surface area contributed by atoms with Gasteiger partial charge in [-0.05, 0) is 36.5 Å². The Kier molecular flexibility index (Phi) is 9.50. The Morgan fingerprint density at radius 1 is 1.11 bits per heavy atom. The molecule has 7 nitrogen and oxygen atoms in total. The van der Waals surface area contributed by atoms with E-state index in [1.54, 1.807) is 14.0 Å². The van der Waals surface area contributed by atoms with E-state index in [0.717, 1.165) is 6.42 Å². The summed E-state index contributed by atoms with van der Waals surface area (Å²) in [5.74, 6) is 0.0980. The number of nitrogens with zero attached hydrogens (tertiary/aromatic N) is 1. The fourth-order valence-electron chi connectivity index (χ4n) is 2.17. The van der Waals surface area contributed by atoms with Crippen LogP contribution in [-0.2, 0) is 19.7 Å². The van der Waals surface area contributed by atoms with Crippen molar-refractivity contribution >= 4 is 17.5 Å². The van der Waals surface area contributed by atoms with Gasteiger partial charge in [0.2, 0.25) is 5.91 Å². The molecule has 1 aromatic carbocycles. The highest BCUT2D eigenvalue weighted by Crippen LogP contribution is 2.24. The van der Waals surface area contributed by atoms with E-state index in [9.17, 15) is 9.59 Å². The molecule has 0 heterocycles. The lowest BCUT2D eigenvalue weighted by Gasteiger charge is -2.19. The first kappa shape index (κ1) is 22.6. The topological polar surface area (TPSA) is 89.0 Å². The number of carbonyl (C=O) groups is 2. The van der Waals surface area contributed by atoms with Crippen LogP contribution in [0.15, 0.2) is 29.4 Å². The van der Waals surface area contributed by atoms with Gasteiger partial charge in [0.05, 0.1) is 6.42 Å². The predicted octanol–water partition coefficient (Wildman–Crippen LogP) is 2.40. The van der Waals surface area contributed by atoms with Crippen molar-refractivity contribution in [3.8, 4) is 5.75 Å². The summed E-state index contributed by atoms with van der Waals surface area (Å²) in [6, 6.07) is 7.66. The van der Waals surface area contributed by atoms with Crippen LogP contribution in [-0.4, -0.2) is 44.4 Å². The summed E-state index contributed by atoms with van der Waals surface area (Å²) in [7, 11) is 1.62. The molecule has 27 heavy (non-hydrogen) atoms. The molecule has 150 valence electrons. The number of hydrazone groups is 1. The Balaban J connectivity index is 2.33. The van der Waals surface area contributed by atoms with Crippen molar-refractivity contribution < 1.29 is 19.1 Å². The van der Waals surface area contributed by atoms with Gasteiger partial charge in [-0.3, -0.25) is 9.59 Å². The molecule has 2 amide bonds. The minimum absolute atomic E-state index is 0.0677. The first-order chi connectivity index (χ1) is 12.7. The quantitative estimate of drug-likeness (QED) is 0.372. The molecule has 0 aliphatic heterocycles. The van der Waals surface area contributed by atoms with Crippen molar-refractivity contribution in [1.82, 2.24) is 10.7 Å². The average molecular weight is 377 g/mol. The van der Waals surface area contributed by atoms with Crippen LogP contribution in [0.4, 0.5) is 0 Å². The van der Waals surface area contributed by atoms with Gasteiger partial charge < -0.3 is 14.8 Å². The van der Waals surface area contributed by atoms with Gasteiger partial charge in [-0.2, -0.15) is 5.10 Å². The lowest BCUT2D eigenvalue weighted by Crippen LogP contribution is -2.29. The molecule has 0 bridgehead atoms. The van der Waals surface area contributed by atoms with E-state index in [-0.39, 0.29) is 30.3 Å². The Hall–Kier alpha value is -2.41. The third-order valence-corrected chi connectivity index (χ3v) is 3.73. The van der Waals surface area contributed by atoms with Gasteiger partial charge in [-0.1, -0.05) is 32.9 Å². The summed E-state index contributed by atoms with van der Waals surface area (Å²) in [4.78, 5) is 23.5. The van der Waals surface area contributed by atoms with Crippen molar-refractivity contribution in [1.29, 1.82) is 0 Å². The van der Waals surface area contributed by atoms with E-state index in [0.29, 0.717) is 24.6 Å². The number of amides is 2. The van der Waals surface area contributed by atoms with Crippen molar-refractivity contribution in [2.24, 2.45) is 5.10 Å². The molecule has 0 saturated carbocycles. The summed E-state index contributed by atoms with van der Waals surface area (Å²) < 4.78 is 10.4. The highest BCUT2D eigenvalue weighted by Gasteiger charge is 2.13. The third kappa shape index (κ3) is 9.75. The monoisotopic (exact) mass is 377 g/mol. The van der Waals surface area contributed by atoms with Crippen molar-refractivity contribution in [2.45, 2.75) is 46.0 Å². The number of carbonyl (C=O) groups excluding carboxylic acids is 2. The predicted molar refractivity (Wildman–Crippen MR) is 106 cm³/mol. The molecule has 0 radical (unpaired) electrons. The molecule has 0 saturated heterocycles. The number of benzene rings is 1. The summed E-state index contributed by atoms with van der Waals surface area (Å²) >= 11 is 0. The molecular weight excluding hydrogens is 346 g/mol. The van der Waals surface area contributed by atoms with Gasteiger partial charge in [-0.15, -0.1) is 0 Å². The van der Waals surface area contributed by atoms with Gasteiger partial charge in [0.1, 0.15) is 5.75 Å². The molecule has 0 atom stereocenters. The molecule has 7 heteroatoms. The van der Waals surface area contributed by atoms with Crippen molar-refractivity contribution in [2.75, 3.05) is 26.9 Å². The third-order valence-electron chi connectivity index (χ3n) is 3.73. The number of ether oxygens (including phenoxy) is 2. The fourth-order valence-corrected chi connectivity index (χ4v) is 2.17. The minimum Gasteiger partial charge on any atom is -0.484 e. The second-order valence-electron chi connectivity index (χ2n) is 7.32. The zero-order chi connectivity index (χ0) is 20.3. The Bertz CT molecular complexity index is 634. The second-order valence-corrected chi connectivity index (χ2v) is 7.32. The number of hydrogen-bond donors (Lipinski definition) is 2. The molecule has 1 aromatic rings. The normalized spacial score (nSPS) is 11.8. The number of hydrogen-bond acceptors (Lipinski definition) is 5. The van der Waals surface area contributed by atoms with Crippen molar-refractivity contribution in [3.05, 3.63) is 29.8 Å². The van der Waals surface area contributed by atoms with E-state index in [4.69, 9.17) is 9.47 Å². The Morgan fingerprint density at radius 3 is 2.37 bits per heavy atom. The number of methoxy groups -OCH3 is 1. The van der Waals surface area contributed by atoms with E-state index in [2.05, 4.69) is 36.6 Å². The number of nitrogens with one attached hydrogen (secondary N) is 2. The van der Waals surface area contributed by atoms with Crippen molar-refractivity contribution in [3.63, 3.8) is 0 Å². The molecule has 1 rings (SSSR count). The van der Waals surface area contributed by atoms with E-state index >= 15 is 0 Å². The van der Waals surface area contributed by atoms with E-state index in [1.165, 1.54) is 5.56 Å². The first-order valence-corrected chi connectivity index (χ1v) is 9.03. The molecule has 0 fully saturated rings. The van der Waals surface area contributed by atoms with Gasteiger partial charge >= 0.3 is 0 Å². The second kappa shape index (κ2) is 11.3. The average Bonchev–Trinajstić information content (AvgIpc) is 2.61. The van der Waals surface area contributed by atoms with E-state index < -0.39 is 0 Å². The van der Waals surface area contributed by atoms with E-state index in [1.807, 2.05) is 24.3 Å². The maximum Gasteiger partial charge on any atom is 0.277 e. The highest BCUT2D eigenvalue weighted by atomic mass is 16.5.